The molecule has 1 saturated heterocycles. The number of pyridine rings is 1. The predicted octanol–water partition coefficient (Wildman–Crippen LogP) is 2.12. The van der Waals surface area contributed by atoms with Crippen molar-refractivity contribution in [3.63, 3.8) is 0 Å². The number of hydrogen-bond acceptors (Lipinski definition) is 4. The summed E-state index contributed by atoms with van der Waals surface area (Å²) in [6.07, 6.45) is 4.68. The maximum absolute atomic E-state index is 5.69. The molecule has 0 aromatic carbocycles. The Kier molecular flexibility index (Phi) is 4.96. The number of rotatable bonds is 6. The van der Waals surface area contributed by atoms with Crippen LogP contribution in [0.3, 0.4) is 0 Å². The lowest BCUT2D eigenvalue weighted by Crippen LogP contribution is -2.31. The lowest BCUT2D eigenvalue weighted by atomic mass is 10.2. The Hall–Kier alpha value is -1.13. The van der Waals surface area contributed by atoms with E-state index < -0.39 is 0 Å². The van der Waals surface area contributed by atoms with Crippen LogP contribution in [0.1, 0.15) is 25.5 Å². The van der Waals surface area contributed by atoms with Crippen molar-refractivity contribution in [3.8, 4) is 0 Å². The molecule has 0 saturated carbocycles. The summed E-state index contributed by atoms with van der Waals surface area (Å²) in [5.41, 5.74) is 2.23. The Morgan fingerprint density at radius 3 is 3.11 bits per heavy atom. The molecule has 100 valence electrons. The van der Waals surface area contributed by atoms with Crippen LogP contribution in [0.4, 0.5) is 5.69 Å². The molecule has 0 radical (unpaired) electrons. The first-order valence-corrected chi connectivity index (χ1v) is 6.78. The number of anilines is 1. The van der Waals surface area contributed by atoms with Crippen LogP contribution in [0.2, 0.25) is 0 Å². The molecule has 1 unspecified atom stereocenters. The van der Waals surface area contributed by atoms with E-state index in [2.05, 4.69) is 28.2 Å². The first-order valence-electron chi connectivity index (χ1n) is 6.78. The molecule has 0 spiro atoms. The smallest absolute Gasteiger partial charge is 0.0702 e. The number of nitrogens with one attached hydrogen (secondary N) is 1. The summed E-state index contributed by atoms with van der Waals surface area (Å²) < 4.78 is 5.69. The van der Waals surface area contributed by atoms with Gasteiger partial charge in [-0.3, -0.25) is 9.88 Å². The molecule has 4 heteroatoms. The molecule has 1 aliphatic heterocycles. The summed E-state index contributed by atoms with van der Waals surface area (Å²) in [7, 11) is 1.93. The van der Waals surface area contributed by atoms with Gasteiger partial charge in [-0.05, 0) is 31.5 Å². The van der Waals surface area contributed by atoms with Gasteiger partial charge in [-0.15, -0.1) is 0 Å². The zero-order valence-electron chi connectivity index (χ0n) is 11.4. The highest BCUT2D eigenvalue weighted by atomic mass is 16.5. The summed E-state index contributed by atoms with van der Waals surface area (Å²) in [5, 5.41) is 3.15. The maximum Gasteiger partial charge on any atom is 0.0702 e. The van der Waals surface area contributed by atoms with Gasteiger partial charge in [-0.1, -0.05) is 6.92 Å². The molecule has 1 aromatic heterocycles. The summed E-state index contributed by atoms with van der Waals surface area (Å²) in [6.45, 7) is 6.06. The minimum atomic E-state index is 0.414. The van der Waals surface area contributed by atoms with E-state index in [1.165, 1.54) is 12.8 Å². The van der Waals surface area contributed by atoms with E-state index >= 15 is 0 Å². The van der Waals surface area contributed by atoms with Gasteiger partial charge >= 0.3 is 0 Å². The van der Waals surface area contributed by atoms with Crippen molar-refractivity contribution in [2.75, 3.05) is 32.1 Å². The molecule has 2 heterocycles. The van der Waals surface area contributed by atoms with E-state index in [0.717, 1.165) is 37.6 Å². The summed E-state index contributed by atoms with van der Waals surface area (Å²) in [5.74, 6) is 0. The second kappa shape index (κ2) is 6.71. The highest BCUT2D eigenvalue weighted by Gasteiger charge is 2.18. The third-order valence-electron chi connectivity index (χ3n) is 3.42. The fraction of sp³-hybridized carbons (Fsp3) is 0.643. The summed E-state index contributed by atoms with van der Waals surface area (Å²) in [4.78, 5) is 6.83. The second-order valence-corrected chi connectivity index (χ2v) is 4.75. The Morgan fingerprint density at radius 1 is 1.56 bits per heavy atom. The number of nitrogens with zero attached hydrogens (tertiary/aromatic N) is 2. The first kappa shape index (κ1) is 13.3. The van der Waals surface area contributed by atoms with Crippen LogP contribution < -0.4 is 5.32 Å². The molecule has 1 aliphatic rings. The monoisotopic (exact) mass is 249 g/mol. The lowest BCUT2D eigenvalue weighted by Gasteiger charge is -2.23. The molecule has 4 nitrogen and oxygen atoms in total. The maximum atomic E-state index is 5.69. The van der Waals surface area contributed by atoms with Crippen LogP contribution in [-0.4, -0.2) is 42.7 Å². The van der Waals surface area contributed by atoms with Crippen molar-refractivity contribution in [1.29, 1.82) is 0 Å². The minimum absolute atomic E-state index is 0.414. The van der Waals surface area contributed by atoms with Crippen LogP contribution in [0, 0.1) is 0 Å². The zero-order valence-corrected chi connectivity index (χ0v) is 11.4. The van der Waals surface area contributed by atoms with Crippen molar-refractivity contribution in [1.82, 2.24) is 9.88 Å². The van der Waals surface area contributed by atoms with E-state index in [0.29, 0.717) is 6.10 Å². The van der Waals surface area contributed by atoms with Crippen LogP contribution in [0.15, 0.2) is 18.3 Å². The number of hydrogen-bond donors (Lipinski definition) is 1. The van der Waals surface area contributed by atoms with Gasteiger partial charge in [0.25, 0.3) is 0 Å². The molecular weight excluding hydrogens is 226 g/mol. The number of aromatic nitrogens is 1. The molecule has 1 atom stereocenters. The largest absolute Gasteiger partial charge is 0.388 e. The van der Waals surface area contributed by atoms with Gasteiger partial charge in [0, 0.05) is 38.6 Å². The van der Waals surface area contributed by atoms with Crippen LogP contribution >= 0.6 is 0 Å². The van der Waals surface area contributed by atoms with Gasteiger partial charge in [0.1, 0.15) is 0 Å². The van der Waals surface area contributed by atoms with Gasteiger partial charge < -0.3 is 10.1 Å². The number of ether oxygens (including phenoxy) is 1. The van der Waals surface area contributed by atoms with Crippen molar-refractivity contribution in [2.24, 2.45) is 0 Å². The Morgan fingerprint density at radius 2 is 2.44 bits per heavy atom. The van der Waals surface area contributed by atoms with Gasteiger partial charge in [0.05, 0.1) is 11.8 Å². The van der Waals surface area contributed by atoms with E-state index in [1.54, 1.807) is 0 Å². The third kappa shape index (κ3) is 3.68. The van der Waals surface area contributed by atoms with Gasteiger partial charge in [0.15, 0.2) is 0 Å². The molecule has 1 fully saturated rings. The van der Waals surface area contributed by atoms with Crippen molar-refractivity contribution in [2.45, 2.75) is 32.4 Å². The van der Waals surface area contributed by atoms with Crippen LogP contribution in [0.25, 0.3) is 0 Å². The van der Waals surface area contributed by atoms with E-state index in [4.69, 9.17) is 4.74 Å². The van der Waals surface area contributed by atoms with Crippen molar-refractivity contribution < 1.29 is 4.74 Å². The third-order valence-corrected chi connectivity index (χ3v) is 3.42. The Bertz CT molecular complexity index is 364. The fourth-order valence-electron chi connectivity index (χ4n) is 2.33. The summed E-state index contributed by atoms with van der Waals surface area (Å²) in [6, 6.07) is 4.10. The second-order valence-electron chi connectivity index (χ2n) is 4.75. The predicted molar refractivity (Wildman–Crippen MR) is 73.7 cm³/mol. The van der Waals surface area contributed by atoms with Gasteiger partial charge in [-0.2, -0.15) is 0 Å². The zero-order chi connectivity index (χ0) is 12.8. The topological polar surface area (TPSA) is 37.4 Å². The highest BCUT2D eigenvalue weighted by molar-refractivity contribution is 5.42. The van der Waals surface area contributed by atoms with Crippen LogP contribution in [-0.2, 0) is 11.3 Å². The van der Waals surface area contributed by atoms with Crippen molar-refractivity contribution >= 4 is 5.69 Å². The van der Waals surface area contributed by atoms with E-state index in [-0.39, 0.29) is 0 Å². The average molecular weight is 249 g/mol. The SMILES string of the molecule is CCN(Cc1cc(NC)ccn1)CC1CCCO1. The fourth-order valence-corrected chi connectivity index (χ4v) is 2.33. The standard InChI is InChI=1S/C14H23N3O/c1-3-17(11-14-5-4-8-18-14)10-13-9-12(15-2)6-7-16-13/h6-7,9,14H,3-5,8,10-11H2,1-2H3,(H,15,16). The normalized spacial score (nSPS) is 19.4. The van der Waals surface area contributed by atoms with Gasteiger partial charge in [0.2, 0.25) is 0 Å². The molecular formula is C14H23N3O. The lowest BCUT2D eigenvalue weighted by molar-refractivity contribution is 0.0721. The molecule has 0 amide bonds. The summed E-state index contributed by atoms with van der Waals surface area (Å²) >= 11 is 0. The molecule has 0 aliphatic carbocycles. The average Bonchev–Trinajstić information content (AvgIpc) is 2.91. The van der Waals surface area contributed by atoms with Crippen molar-refractivity contribution in [3.05, 3.63) is 24.0 Å². The molecule has 1 aromatic rings. The molecule has 18 heavy (non-hydrogen) atoms. The quantitative estimate of drug-likeness (QED) is 0.838. The minimum Gasteiger partial charge on any atom is -0.388 e. The Balaban J connectivity index is 1.91. The highest BCUT2D eigenvalue weighted by Crippen LogP contribution is 2.15. The molecule has 0 bridgehead atoms. The van der Waals surface area contributed by atoms with Gasteiger partial charge in [-0.25, -0.2) is 0 Å². The number of likely N-dealkylation sites (N-methyl/N-ethyl adjacent to an activating group) is 1. The molecule has 2 rings (SSSR count). The Labute approximate surface area is 109 Å². The van der Waals surface area contributed by atoms with E-state index in [1.807, 2.05) is 19.3 Å². The first-order chi connectivity index (χ1) is 8.81. The van der Waals surface area contributed by atoms with E-state index in [9.17, 15) is 0 Å². The van der Waals surface area contributed by atoms with Crippen LogP contribution in [0.5, 0.6) is 0 Å². The molecule has 1 N–H and O–H groups in total.